The Balaban J connectivity index is 2.29. The Labute approximate surface area is 121 Å². The molecule has 0 unspecified atom stereocenters. The van der Waals surface area contributed by atoms with Crippen LogP contribution in [-0.4, -0.2) is 33.5 Å². The lowest BCUT2D eigenvalue weighted by molar-refractivity contribution is 0.0995. The summed E-state index contributed by atoms with van der Waals surface area (Å²) < 4.78 is 5.57. The fraction of sp³-hybridized carbons (Fsp3) is 0.154. The van der Waals surface area contributed by atoms with Crippen LogP contribution in [0.1, 0.15) is 21.6 Å². The molecule has 0 bridgehead atoms. The molecule has 108 valence electrons. The monoisotopic (exact) mass is 287 g/mol. The maximum absolute atomic E-state index is 10.9. The van der Waals surface area contributed by atoms with Gasteiger partial charge in [0.05, 0.1) is 19.0 Å². The molecule has 0 spiro atoms. The van der Waals surface area contributed by atoms with E-state index < -0.39 is 5.91 Å². The Morgan fingerprint density at radius 3 is 2.67 bits per heavy atom. The van der Waals surface area contributed by atoms with Gasteiger partial charge in [0.1, 0.15) is 11.4 Å². The lowest BCUT2D eigenvalue weighted by Gasteiger charge is -2.13. The summed E-state index contributed by atoms with van der Waals surface area (Å²) in [4.78, 5) is 18.7. The van der Waals surface area contributed by atoms with Gasteiger partial charge in [0.2, 0.25) is 5.88 Å². The molecule has 0 radical (unpaired) electrons. The van der Waals surface area contributed by atoms with Gasteiger partial charge in [-0.1, -0.05) is 6.07 Å². The zero-order valence-corrected chi connectivity index (χ0v) is 11.4. The molecule has 1 heterocycles. The second-order valence-corrected chi connectivity index (χ2v) is 4.35. The van der Waals surface area contributed by atoms with Gasteiger partial charge in [-0.3, -0.25) is 4.79 Å². The smallest absolute Gasteiger partial charge is 0.305 e. The van der Waals surface area contributed by atoms with Crippen molar-refractivity contribution in [3.8, 4) is 11.6 Å². The Hall–Kier alpha value is -2.45. The minimum absolute atomic E-state index is 0.0470. The SMILES string of the molecule is Cc1c(Oc2cnc(C(N)=O)cn2)ccc(CO)c1BO. The topological polar surface area (TPSA) is 119 Å². The van der Waals surface area contributed by atoms with E-state index in [4.69, 9.17) is 10.5 Å². The molecule has 2 aromatic rings. The molecule has 1 amide bonds. The average Bonchev–Trinajstić information content (AvgIpc) is 2.49. The van der Waals surface area contributed by atoms with Gasteiger partial charge in [-0.25, -0.2) is 9.97 Å². The number of rotatable bonds is 5. The van der Waals surface area contributed by atoms with Crippen LogP contribution in [0.25, 0.3) is 0 Å². The van der Waals surface area contributed by atoms with E-state index in [2.05, 4.69) is 9.97 Å². The van der Waals surface area contributed by atoms with Crippen LogP contribution in [0.15, 0.2) is 24.5 Å². The quantitative estimate of drug-likeness (QED) is 0.616. The van der Waals surface area contributed by atoms with Crippen molar-refractivity contribution in [1.29, 1.82) is 0 Å². The molecule has 0 saturated heterocycles. The Kier molecular flexibility index (Phi) is 4.51. The summed E-state index contributed by atoms with van der Waals surface area (Å²) in [5.74, 6) is 0.0150. The number of nitrogens with zero attached hydrogens (tertiary/aromatic N) is 2. The molecule has 0 aliphatic carbocycles. The van der Waals surface area contributed by atoms with Gasteiger partial charge in [-0.2, -0.15) is 0 Å². The summed E-state index contributed by atoms with van der Waals surface area (Å²) in [6.07, 6.45) is 2.51. The van der Waals surface area contributed by atoms with Crippen molar-refractivity contribution in [3.05, 3.63) is 41.3 Å². The number of nitrogens with two attached hydrogens (primary N) is 1. The number of aliphatic hydroxyl groups is 1. The molecule has 7 nitrogen and oxygen atoms in total. The minimum Gasteiger partial charge on any atom is -0.449 e. The van der Waals surface area contributed by atoms with Gasteiger partial charge >= 0.3 is 7.48 Å². The third kappa shape index (κ3) is 3.18. The highest BCUT2D eigenvalue weighted by Gasteiger charge is 2.12. The number of primary amides is 1. The predicted octanol–water partition coefficient (Wildman–Crippen LogP) is -0.862. The highest BCUT2D eigenvalue weighted by molar-refractivity contribution is 6.47. The van der Waals surface area contributed by atoms with Crippen molar-refractivity contribution in [2.45, 2.75) is 13.5 Å². The molecule has 0 saturated carbocycles. The van der Waals surface area contributed by atoms with Gasteiger partial charge in [-0.05, 0) is 29.6 Å². The van der Waals surface area contributed by atoms with E-state index in [0.29, 0.717) is 22.3 Å². The maximum Gasteiger partial charge on any atom is 0.305 e. The number of hydrogen-bond acceptors (Lipinski definition) is 6. The first-order valence-electron chi connectivity index (χ1n) is 6.19. The predicted molar refractivity (Wildman–Crippen MR) is 76.7 cm³/mol. The van der Waals surface area contributed by atoms with Gasteiger partial charge in [-0.15, -0.1) is 0 Å². The highest BCUT2D eigenvalue weighted by Crippen LogP contribution is 2.22. The molecule has 4 N–H and O–H groups in total. The van der Waals surface area contributed by atoms with Crippen LogP contribution in [0.2, 0.25) is 0 Å². The van der Waals surface area contributed by atoms with Crippen LogP contribution in [0.4, 0.5) is 0 Å². The fourth-order valence-corrected chi connectivity index (χ4v) is 1.88. The second kappa shape index (κ2) is 6.34. The third-order valence-corrected chi connectivity index (χ3v) is 3.07. The van der Waals surface area contributed by atoms with Crippen LogP contribution >= 0.6 is 0 Å². The minimum atomic E-state index is -0.667. The number of amides is 1. The van der Waals surface area contributed by atoms with Gasteiger partial charge in [0, 0.05) is 0 Å². The van der Waals surface area contributed by atoms with Crippen LogP contribution in [0.5, 0.6) is 11.6 Å². The molecular formula is C13H14BN3O4. The first-order chi connectivity index (χ1) is 10.1. The van der Waals surface area contributed by atoms with Crippen LogP contribution in [-0.2, 0) is 6.61 Å². The largest absolute Gasteiger partial charge is 0.449 e. The number of aliphatic hydroxyl groups excluding tert-OH is 1. The van der Waals surface area contributed by atoms with Crippen LogP contribution in [0, 0.1) is 6.92 Å². The van der Waals surface area contributed by atoms with Crippen LogP contribution in [0.3, 0.4) is 0 Å². The van der Waals surface area contributed by atoms with E-state index in [1.165, 1.54) is 12.4 Å². The molecule has 1 aromatic heterocycles. The van der Waals surface area contributed by atoms with Crippen molar-refractivity contribution in [1.82, 2.24) is 9.97 Å². The first-order valence-corrected chi connectivity index (χ1v) is 6.19. The van der Waals surface area contributed by atoms with E-state index in [0.717, 1.165) is 0 Å². The highest BCUT2D eigenvalue weighted by atomic mass is 16.5. The van der Waals surface area contributed by atoms with E-state index in [1.807, 2.05) is 0 Å². The maximum atomic E-state index is 10.9. The van der Waals surface area contributed by atoms with Gasteiger partial charge < -0.3 is 20.6 Å². The number of ether oxygens (including phenoxy) is 1. The van der Waals surface area contributed by atoms with Crippen molar-refractivity contribution in [2.75, 3.05) is 0 Å². The molecule has 1 aromatic carbocycles. The van der Waals surface area contributed by atoms with E-state index in [9.17, 15) is 14.9 Å². The lowest BCUT2D eigenvalue weighted by Crippen LogP contribution is -2.23. The van der Waals surface area contributed by atoms with E-state index in [-0.39, 0.29) is 25.7 Å². The second-order valence-electron chi connectivity index (χ2n) is 4.35. The van der Waals surface area contributed by atoms with Crippen molar-refractivity contribution in [2.24, 2.45) is 5.73 Å². The van der Waals surface area contributed by atoms with Crippen molar-refractivity contribution in [3.63, 3.8) is 0 Å². The average molecular weight is 287 g/mol. The Bertz CT molecular complexity index is 661. The number of benzene rings is 1. The molecule has 0 atom stereocenters. The molecule has 0 aliphatic rings. The molecule has 8 heteroatoms. The zero-order valence-electron chi connectivity index (χ0n) is 11.4. The van der Waals surface area contributed by atoms with Crippen molar-refractivity contribution >= 4 is 18.9 Å². The van der Waals surface area contributed by atoms with Crippen molar-refractivity contribution < 1.29 is 19.7 Å². The summed E-state index contributed by atoms with van der Waals surface area (Å²) in [7, 11) is -0.203. The standard InChI is InChI=1S/C13H14BN3O4/c1-7-10(3-2-8(6-18)12(7)14-20)21-11-5-16-9(4-17-11)13(15)19/h2-5,14,18,20H,6H2,1H3,(H2,15,19). The normalized spacial score (nSPS) is 10.2. The molecule has 0 aliphatic heterocycles. The molecular weight excluding hydrogens is 273 g/mol. The molecule has 21 heavy (non-hydrogen) atoms. The van der Waals surface area contributed by atoms with E-state index >= 15 is 0 Å². The summed E-state index contributed by atoms with van der Waals surface area (Å²) >= 11 is 0. The summed E-state index contributed by atoms with van der Waals surface area (Å²) in [5.41, 5.74) is 7.07. The zero-order chi connectivity index (χ0) is 15.4. The van der Waals surface area contributed by atoms with Gasteiger partial charge in [0.15, 0.2) is 0 Å². The number of carbonyl (C=O) groups is 1. The lowest BCUT2D eigenvalue weighted by atomic mass is 9.80. The molecule has 0 fully saturated rings. The van der Waals surface area contributed by atoms with E-state index in [1.54, 1.807) is 19.1 Å². The number of carbonyl (C=O) groups excluding carboxylic acids is 1. The first kappa shape index (κ1) is 15.0. The Morgan fingerprint density at radius 2 is 2.14 bits per heavy atom. The third-order valence-electron chi connectivity index (χ3n) is 3.07. The number of hydrogen-bond donors (Lipinski definition) is 3. The molecule has 2 rings (SSSR count). The Morgan fingerprint density at radius 1 is 1.38 bits per heavy atom. The number of aromatic nitrogens is 2. The fourth-order valence-electron chi connectivity index (χ4n) is 1.88. The van der Waals surface area contributed by atoms with Gasteiger partial charge in [0.25, 0.3) is 5.91 Å². The summed E-state index contributed by atoms with van der Waals surface area (Å²) in [5, 5.41) is 18.6. The van der Waals surface area contributed by atoms with Crippen LogP contribution < -0.4 is 15.9 Å². The summed E-state index contributed by atoms with van der Waals surface area (Å²) in [6.45, 7) is 1.61. The summed E-state index contributed by atoms with van der Waals surface area (Å²) in [6, 6.07) is 3.34.